The van der Waals surface area contributed by atoms with Gasteiger partial charge in [0.2, 0.25) is 0 Å². The molecule has 0 spiro atoms. The molecule has 4 aromatic heterocycles. The van der Waals surface area contributed by atoms with E-state index in [1.54, 1.807) is 50.8 Å². The van der Waals surface area contributed by atoms with Crippen molar-refractivity contribution in [1.29, 1.82) is 0 Å². The van der Waals surface area contributed by atoms with Crippen LogP contribution in [0.4, 0.5) is 29.7 Å². The smallest absolute Gasteiger partial charge is 0.779 e. The van der Waals surface area contributed by atoms with Gasteiger partial charge in [0.25, 0.3) is 0 Å². The fourth-order valence-electron chi connectivity index (χ4n) is 5.82. The van der Waals surface area contributed by atoms with Crippen LogP contribution in [0.5, 0.6) is 0 Å². The van der Waals surface area contributed by atoms with Crippen LogP contribution in [0.15, 0.2) is 48.8 Å². The molecular weight excluding hydrogens is 845 g/mol. The summed E-state index contributed by atoms with van der Waals surface area (Å²) in [5.41, 5.74) is 1.56. The number of carbonyl (C=O) groups is 2. The Bertz CT molecular complexity index is 2500. The van der Waals surface area contributed by atoms with Crippen LogP contribution in [0, 0.1) is 11.6 Å². The van der Waals surface area contributed by atoms with Gasteiger partial charge in [-0.2, -0.15) is 9.59 Å². The van der Waals surface area contributed by atoms with Crippen molar-refractivity contribution >= 4 is 53.8 Å². The topological polar surface area (TPSA) is 221 Å². The molecule has 2 saturated heterocycles. The molecule has 3 atom stereocenters. The zero-order valence-electron chi connectivity index (χ0n) is 32.3. The Balaban J connectivity index is 0.000000197. The van der Waals surface area contributed by atoms with Crippen molar-refractivity contribution in [3.05, 3.63) is 82.1 Å². The van der Waals surface area contributed by atoms with Gasteiger partial charge in [-0.3, -0.25) is 9.80 Å². The maximum Gasteiger partial charge on any atom is 1.00 e. The Morgan fingerprint density at radius 1 is 0.814 bits per heavy atom. The minimum atomic E-state index is -3.93. The predicted octanol–water partition coefficient (Wildman–Crippen LogP) is 1.39. The molecule has 304 valence electrons. The second kappa shape index (κ2) is 18.8. The maximum atomic E-state index is 14.8. The number of carbonyl (C=O) groups excluding carboxylic acids is 2. The van der Waals surface area contributed by atoms with E-state index in [9.17, 15) is 27.8 Å². The van der Waals surface area contributed by atoms with Gasteiger partial charge in [0, 0.05) is 30.2 Å². The van der Waals surface area contributed by atoms with Crippen LogP contribution in [0.2, 0.25) is 0 Å². The van der Waals surface area contributed by atoms with Crippen LogP contribution in [-0.2, 0) is 45.5 Å². The number of thiazole rings is 2. The monoisotopic (exact) mass is 878 g/mol. The normalized spacial score (nSPS) is 17.3. The van der Waals surface area contributed by atoms with E-state index in [2.05, 4.69) is 40.8 Å². The van der Waals surface area contributed by atoms with E-state index in [4.69, 9.17) is 14.0 Å². The summed E-state index contributed by atoms with van der Waals surface area (Å²) in [4.78, 5) is 50.5. The first kappa shape index (κ1) is 44.0. The molecule has 0 bridgehead atoms. The van der Waals surface area contributed by atoms with E-state index in [0.717, 1.165) is 18.1 Å². The van der Waals surface area contributed by atoms with Crippen molar-refractivity contribution in [2.75, 3.05) is 36.2 Å². The first-order chi connectivity index (χ1) is 27.7. The summed E-state index contributed by atoms with van der Waals surface area (Å²) in [6.45, 7) is 3.08. The van der Waals surface area contributed by atoms with Crippen molar-refractivity contribution in [3.63, 3.8) is 0 Å². The van der Waals surface area contributed by atoms with Crippen LogP contribution in [0.25, 0.3) is 20.9 Å². The molecule has 6 heterocycles. The average Bonchev–Trinajstić information content (AvgIpc) is 4.04. The minimum Gasteiger partial charge on any atom is -0.779 e. The summed E-state index contributed by atoms with van der Waals surface area (Å²) in [7, 11) is -0.576. The third-order valence-electron chi connectivity index (χ3n) is 8.58. The molecule has 2 aliphatic rings. The Morgan fingerprint density at radius 2 is 1.27 bits per heavy atom. The Labute approximate surface area is 365 Å². The minimum absolute atomic E-state index is 0. The van der Waals surface area contributed by atoms with Gasteiger partial charge in [0.05, 0.1) is 67.8 Å². The molecule has 0 N–H and O–H groups in total. The predicted molar refractivity (Wildman–Crippen MR) is 203 cm³/mol. The van der Waals surface area contributed by atoms with E-state index in [-0.39, 0.29) is 48.8 Å². The first-order valence-electron chi connectivity index (χ1n) is 17.6. The molecule has 0 aliphatic carbocycles. The quantitative estimate of drug-likeness (QED) is 0.125. The van der Waals surface area contributed by atoms with Gasteiger partial charge in [-0.1, -0.05) is 6.92 Å². The van der Waals surface area contributed by atoms with Crippen LogP contribution in [0.3, 0.4) is 0 Å². The second-order valence-electron chi connectivity index (χ2n) is 13.0. The molecule has 2 aliphatic heterocycles. The van der Waals surface area contributed by atoms with Crippen LogP contribution < -0.4 is 44.3 Å². The number of tetrazole rings is 2. The largest absolute Gasteiger partial charge is 1.00 e. The van der Waals surface area contributed by atoms with Crippen LogP contribution in [0.1, 0.15) is 35.0 Å². The molecule has 0 radical (unpaired) electrons. The number of ether oxygens (including phenoxy) is 2. The zero-order valence-corrected chi connectivity index (χ0v) is 36.8. The number of aromatic nitrogens is 10. The zero-order chi connectivity index (χ0) is 41.1. The summed E-state index contributed by atoms with van der Waals surface area (Å²) in [6, 6.07) is 9.11. The fraction of sp³-hybridized carbons (Fsp3) is 0.353. The number of hydrogen-bond acceptors (Lipinski definition) is 17. The molecule has 6 aromatic rings. The third-order valence-corrected chi connectivity index (χ3v) is 11.3. The van der Waals surface area contributed by atoms with Gasteiger partial charge < -0.3 is 23.5 Å². The standard InChI is InChI=1S/C17H18FN6O5PS.C17H17FN6O2S.Na/c1-23-21-15(20-22-23)6-16-19-7-14(31-16)12-4-3-10(5-13(12)18)24-8-11(29-17(24)25)9-28-30(2,26)27;1-3-11-9-24(17(25)26-11)10-4-5-12(13(18)6-10)14-8-19-16(27-14)7-15-20-22-23(2)21-15;/h3-5,7,11H,6,8-9H2,1-2H3,(H,26,27);4-6,8,11H,3,7,9H2,1-2H3;/q;;+1/p-1/t2*11-;/m10./s1. The summed E-state index contributed by atoms with van der Waals surface area (Å²) in [5, 5.41) is 25.1. The van der Waals surface area contributed by atoms with Gasteiger partial charge in [-0.25, -0.2) is 28.3 Å². The van der Waals surface area contributed by atoms with Crippen molar-refractivity contribution < 1.29 is 71.4 Å². The van der Waals surface area contributed by atoms with E-state index in [1.807, 2.05) is 6.92 Å². The van der Waals surface area contributed by atoms with Gasteiger partial charge in [0.15, 0.2) is 11.6 Å². The summed E-state index contributed by atoms with van der Waals surface area (Å²) in [6.07, 6.45) is 2.69. The molecule has 2 fully saturated rings. The number of nitrogens with zero attached hydrogens (tertiary/aromatic N) is 12. The van der Waals surface area contributed by atoms with E-state index >= 15 is 0 Å². The molecule has 2 aromatic carbocycles. The Hall–Kier alpha value is -4.61. The molecule has 2 amide bonds. The van der Waals surface area contributed by atoms with Crippen molar-refractivity contribution in [2.45, 2.75) is 38.4 Å². The van der Waals surface area contributed by atoms with Gasteiger partial charge >= 0.3 is 41.7 Å². The Kier molecular flexibility index (Phi) is 14.0. The maximum absolute atomic E-state index is 14.8. The molecule has 1 unspecified atom stereocenters. The fourth-order valence-corrected chi connectivity index (χ4v) is 8.14. The molecule has 8 rings (SSSR count). The van der Waals surface area contributed by atoms with Gasteiger partial charge in [0.1, 0.15) is 41.5 Å². The number of halogens is 2. The summed E-state index contributed by atoms with van der Waals surface area (Å²) in [5.74, 6) is 0.137. The van der Waals surface area contributed by atoms with Crippen LogP contribution in [-0.4, -0.2) is 101 Å². The number of anilines is 2. The van der Waals surface area contributed by atoms with Gasteiger partial charge in [-0.05, 0) is 53.2 Å². The number of aryl methyl sites for hydroxylation is 2. The molecule has 0 saturated carbocycles. The SMILES string of the molecule is CC[C@H]1CN(c2ccc(-c3cnc(Cc4nnn(C)n4)s3)c(F)c2)C(=O)O1.Cn1nnc(Cc2ncc(-c3ccc(N4C[C@H](COP(C)(=O)[O-])OC4=O)cc3F)s2)n1.[Na+]. The second-order valence-corrected chi connectivity index (χ2v) is 17.0. The average molecular weight is 879 g/mol. The van der Waals surface area contributed by atoms with Crippen molar-refractivity contribution in [1.82, 2.24) is 50.4 Å². The third kappa shape index (κ3) is 11.0. The van der Waals surface area contributed by atoms with Crippen LogP contribution >= 0.6 is 30.3 Å². The van der Waals surface area contributed by atoms with E-state index < -0.39 is 37.5 Å². The number of rotatable bonds is 12. The van der Waals surface area contributed by atoms with E-state index in [1.165, 1.54) is 54.2 Å². The molecule has 19 nitrogen and oxygen atoms in total. The van der Waals surface area contributed by atoms with Crippen molar-refractivity contribution in [2.24, 2.45) is 14.1 Å². The number of cyclic esters (lactones) is 2. The number of amides is 2. The van der Waals surface area contributed by atoms with Crippen molar-refractivity contribution in [3.8, 4) is 20.9 Å². The molecular formula is C34H34F2N12NaO7PS2. The molecule has 59 heavy (non-hydrogen) atoms. The summed E-state index contributed by atoms with van der Waals surface area (Å²) < 4.78 is 55.7. The molecule has 25 heteroatoms. The Morgan fingerprint density at radius 3 is 1.66 bits per heavy atom. The van der Waals surface area contributed by atoms with Gasteiger partial charge in [-0.15, -0.1) is 43.1 Å². The first-order valence-corrected chi connectivity index (χ1v) is 21.2. The van der Waals surface area contributed by atoms with E-state index in [0.29, 0.717) is 68.3 Å². The number of benzene rings is 2. The number of hydrogen-bond donors (Lipinski definition) is 0. The summed E-state index contributed by atoms with van der Waals surface area (Å²) >= 11 is 2.68.